The van der Waals surface area contributed by atoms with E-state index in [1.54, 1.807) is 12.3 Å². The molecule has 0 N–H and O–H groups in total. The van der Waals surface area contributed by atoms with Gasteiger partial charge in [-0.25, -0.2) is 13.0 Å². The fourth-order valence-electron chi connectivity index (χ4n) is 0.681. The van der Waals surface area contributed by atoms with Crippen LogP contribution in [-0.2, 0) is 21.6 Å². The van der Waals surface area contributed by atoms with Crippen LogP contribution in [0, 0.1) is 0 Å². The Morgan fingerprint density at radius 1 is 1.53 bits per heavy atom. The first-order valence-electron chi connectivity index (χ1n) is 3.81. The molecule has 0 bridgehead atoms. The van der Waals surface area contributed by atoms with E-state index in [4.69, 9.17) is 0 Å². The van der Waals surface area contributed by atoms with Crippen molar-refractivity contribution in [3.8, 4) is 0 Å². The third kappa shape index (κ3) is 7.74. The van der Waals surface area contributed by atoms with Crippen LogP contribution >= 0.6 is 0 Å². The van der Waals surface area contributed by atoms with Crippen molar-refractivity contribution in [2.75, 3.05) is 7.11 Å². The van der Waals surface area contributed by atoms with E-state index in [0.717, 1.165) is 13.4 Å². The summed E-state index contributed by atoms with van der Waals surface area (Å²) < 4.78 is 32.9. The van der Waals surface area contributed by atoms with E-state index in [9.17, 15) is 17.8 Å². The Morgan fingerprint density at radius 3 is 2.33 bits per heavy atom. The number of aryl methyl sites for hydroxylation is 1. The molecule has 0 aromatic carbocycles. The Kier molecular flexibility index (Phi) is 5.68. The van der Waals surface area contributed by atoms with Crippen LogP contribution in [0.25, 0.3) is 0 Å². The number of aromatic nitrogens is 1. The summed E-state index contributed by atoms with van der Waals surface area (Å²) in [7, 11) is -1.72. The molecule has 1 aromatic rings. The van der Waals surface area contributed by atoms with Gasteiger partial charge in [-0.3, -0.25) is 8.98 Å². The smallest absolute Gasteiger partial charge is 0.217 e. The number of pyridine rings is 1. The molecule has 0 spiro atoms. The zero-order valence-corrected chi connectivity index (χ0v) is 9.10. The van der Waals surface area contributed by atoms with E-state index in [1.807, 2.05) is 23.9 Å². The van der Waals surface area contributed by atoms with Crippen LogP contribution in [0.5, 0.6) is 0 Å². The number of carbonyl (C=O) groups is 1. The van der Waals surface area contributed by atoms with Crippen molar-refractivity contribution in [2.45, 2.75) is 0 Å². The highest BCUT2D eigenvalue weighted by Crippen LogP contribution is 1.86. The normalized spacial score (nSPS) is 10.1. The molecule has 1 heterocycles. The summed E-state index contributed by atoms with van der Waals surface area (Å²) in [6, 6.07) is 3.61. The van der Waals surface area contributed by atoms with Crippen LogP contribution in [0.2, 0.25) is 0 Å². The maximum atomic E-state index is 10.1. The number of rotatable bonds is 2. The van der Waals surface area contributed by atoms with Gasteiger partial charge in [-0.15, -0.1) is 0 Å². The number of hydrogen-bond donors (Lipinski definition) is 0. The summed E-state index contributed by atoms with van der Waals surface area (Å²) in [6.45, 7) is 0. The topological polar surface area (TPSA) is 87.4 Å². The quantitative estimate of drug-likeness (QED) is 0.295. The first-order chi connectivity index (χ1) is 6.89. The highest BCUT2D eigenvalue weighted by molar-refractivity contribution is 7.80. The molecule has 1 aromatic heterocycles. The summed E-state index contributed by atoms with van der Waals surface area (Å²) in [6.07, 6.45) is 4.49. The number of aldehydes is 1. The first kappa shape index (κ1) is 13.7. The molecule has 0 saturated carbocycles. The van der Waals surface area contributed by atoms with E-state index in [0.29, 0.717) is 5.56 Å². The van der Waals surface area contributed by atoms with Crippen molar-refractivity contribution in [3.05, 3.63) is 30.1 Å². The summed E-state index contributed by atoms with van der Waals surface area (Å²) in [5.41, 5.74) is 0.708. The van der Waals surface area contributed by atoms with Gasteiger partial charge in [-0.05, 0) is 6.07 Å². The van der Waals surface area contributed by atoms with Gasteiger partial charge in [0.2, 0.25) is 10.4 Å². The van der Waals surface area contributed by atoms with E-state index in [1.165, 1.54) is 0 Å². The highest BCUT2D eigenvalue weighted by Gasteiger charge is 1.92. The second kappa shape index (κ2) is 6.23. The van der Waals surface area contributed by atoms with Gasteiger partial charge in [0.15, 0.2) is 18.7 Å². The van der Waals surface area contributed by atoms with Crippen molar-refractivity contribution in [3.63, 3.8) is 0 Å². The molecule has 7 heteroatoms. The van der Waals surface area contributed by atoms with E-state index in [-0.39, 0.29) is 0 Å². The summed E-state index contributed by atoms with van der Waals surface area (Å²) >= 11 is 0. The fourth-order valence-corrected chi connectivity index (χ4v) is 0.681. The Balaban J connectivity index is 0.000000288. The molecule has 0 unspecified atom stereocenters. The van der Waals surface area contributed by atoms with Crippen LogP contribution in [0.15, 0.2) is 24.5 Å². The predicted molar refractivity (Wildman–Crippen MR) is 49.7 cm³/mol. The fraction of sp³-hybridized carbons (Fsp3) is 0.250. The van der Waals surface area contributed by atoms with Gasteiger partial charge < -0.3 is 4.55 Å². The molecular formula is C8H11NO5S. The first-order valence-corrected chi connectivity index (χ1v) is 5.14. The lowest BCUT2D eigenvalue weighted by atomic mass is 10.3. The van der Waals surface area contributed by atoms with Gasteiger partial charge in [-0.1, -0.05) is 0 Å². The van der Waals surface area contributed by atoms with Crippen molar-refractivity contribution in [2.24, 2.45) is 7.05 Å². The molecule has 6 nitrogen and oxygen atoms in total. The molecule has 1 rings (SSSR count). The Hall–Kier alpha value is -1.31. The maximum Gasteiger partial charge on any atom is 0.217 e. The molecule has 0 amide bonds. The van der Waals surface area contributed by atoms with E-state index in [2.05, 4.69) is 4.18 Å². The molecule has 84 valence electrons. The monoisotopic (exact) mass is 233 g/mol. The largest absolute Gasteiger partial charge is 0.726 e. The lowest BCUT2D eigenvalue weighted by Gasteiger charge is -1.98. The van der Waals surface area contributed by atoms with Gasteiger partial charge >= 0.3 is 0 Å². The Bertz CT molecular complexity index is 415. The SMILES string of the molecule is COS(=O)(=O)[O-].C[n+]1cccc(C=O)c1. The van der Waals surface area contributed by atoms with E-state index >= 15 is 0 Å². The van der Waals surface area contributed by atoms with Gasteiger partial charge in [0.25, 0.3) is 0 Å². The molecule has 15 heavy (non-hydrogen) atoms. The predicted octanol–water partition coefficient (Wildman–Crippen LogP) is -0.583. The van der Waals surface area contributed by atoms with Gasteiger partial charge in [0.1, 0.15) is 7.05 Å². The van der Waals surface area contributed by atoms with Crippen molar-refractivity contribution in [1.29, 1.82) is 0 Å². The average molecular weight is 233 g/mol. The third-order valence-electron chi connectivity index (χ3n) is 1.30. The molecule has 0 atom stereocenters. The van der Waals surface area contributed by atoms with Gasteiger partial charge in [-0.2, -0.15) is 0 Å². The lowest BCUT2D eigenvalue weighted by Crippen LogP contribution is -2.26. The Labute approximate surface area is 88.1 Å². The summed E-state index contributed by atoms with van der Waals surface area (Å²) in [4.78, 5) is 10.1. The molecule has 0 radical (unpaired) electrons. The van der Waals surface area contributed by atoms with E-state index < -0.39 is 10.4 Å². The van der Waals surface area contributed by atoms with Crippen molar-refractivity contribution in [1.82, 2.24) is 0 Å². The Morgan fingerprint density at radius 2 is 2.07 bits per heavy atom. The number of nitrogens with zero attached hydrogens (tertiary/aromatic N) is 1. The number of carbonyl (C=O) groups excluding carboxylic acids is 1. The lowest BCUT2D eigenvalue weighted by molar-refractivity contribution is -0.671. The highest BCUT2D eigenvalue weighted by atomic mass is 32.3. The van der Waals surface area contributed by atoms with Gasteiger partial charge in [0, 0.05) is 6.07 Å². The van der Waals surface area contributed by atoms with Crippen LogP contribution in [-0.4, -0.2) is 26.4 Å². The van der Waals surface area contributed by atoms with Crippen LogP contribution < -0.4 is 4.57 Å². The molecule has 0 fully saturated rings. The molecule has 0 aliphatic rings. The average Bonchev–Trinajstić information content (AvgIpc) is 2.18. The molecular weight excluding hydrogens is 222 g/mol. The second-order valence-electron chi connectivity index (χ2n) is 2.50. The van der Waals surface area contributed by atoms with Crippen LogP contribution in [0.3, 0.4) is 0 Å². The standard InChI is InChI=1S/C7H8NO.CH4O4S/c1-8-4-2-3-7(5-8)6-9;1-5-6(2,3)4/h2-6H,1H3;1H3,(H,2,3,4)/q+1;/p-1. The second-order valence-corrected chi connectivity index (χ2v) is 3.65. The van der Waals surface area contributed by atoms with Crippen LogP contribution in [0.4, 0.5) is 0 Å². The number of hydrogen-bond acceptors (Lipinski definition) is 5. The molecule has 0 saturated heterocycles. The third-order valence-corrected chi connectivity index (χ3v) is 1.71. The van der Waals surface area contributed by atoms with Gasteiger partial charge in [0.05, 0.1) is 12.7 Å². The zero-order valence-electron chi connectivity index (χ0n) is 8.28. The molecule has 0 aliphatic heterocycles. The van der Waals surface area contributed by atoms with Crippen molar-refractivity contribution >= 4 is 16.7 Å². The summed E-state index contributed by atoms with van der Waals surface area (Å²) in [5.74, 6) is 0. The zero-order chi connectivity index (χ0) is 11.9. The maximum absolute atomic E-state index is 10.1. The minimum Gasteiger partial charge on any atom is -0.726 e. The minimum atomic E-state index is -4.41. The summed E-state index contributed by atoms with van der Waals surface area (Å²) in [5, 5.41) is 0. The minimum absolute atomic E-state index is 0.708. The van der Waals surface area contributed by atoms with Crippen molar-refractivity contribution < 1.29 is 26.5 Å². The van der Waals surface area contributed by atoms with Crippen LogP contribution in [0.1, 0.15) is 10.4 Å². The molecule has 0 aliphatic carbocycles.